The predicted molar refractivity (Wildman–Crippen MR) is 82.1 cm³/mol. The average molecular weight is 278 g/mol. The maximum Gasteiger partial charge on any atom is 0.137 e. The van der Waals surface area contributed by atoms with Gasteiger partial charge in [0, 0.05) is 12.3 Å². The summed E-state index contributed by atoms with van der Waals surface area (Å²) >= 11 is 0. The van der Waals surface area contributed by atoms with E-state index in [1.807, 2.05) is 0 Å². The lowest BCUT2D eigenvalue weighted by molar-refractivity contribution is -0.127. The molecule has 0 fully saturated rings. The minimum Gasteiger partial charge on any atom is -0.299 e. The van der Waals surface area contributed by atoms with Crippen LogP contribution in [0.2, 0.25) is 0 Å². The summed E-state index contributed by atoms with van der Waals surface area (Å²) in [6, 6.07) is 6.48. The molecule has 0 bridgehead atoms. The molecule has 1 atom stereocenters. The topological polar surface area (TPSA) is 17.1 Å². The molecule has 0 N–H and O–H groups in total. The number of hydrogen-bond donors (Lipinski definition) is 0. The van der Waals surface area contributed by atoms with Crippen molar-refractivity contribution in [1.29, 1.82) is 0 Å². The molecule has 0 saturated heterocycles. The summed E-state index contributed by atoms with van der Waals surface area (Å²) < 4.78 is 13.0. The second-order valence-corrected chi connectivity index (χ2v) is 7.95. The van der Waals surface area contributed by atoms with E-state index >= 15 is 0 Å². The van der Waals surface area contributed by atoms with Gasteiger partial charge in [0.15, 0.2) is 0 Å². The summed E-state index contributed by atoms with van der Waals surface area (Å²) in [4.78, 5) is 12.6. The molecular weight excluding hydrogens is 251 g/mol. The standard InChI is InChI=1S/C18H27FO/c1-17(2,3)12-16(20)15(18(4,5)6)11-13-7-9-14(19)10-8-13/h7-10,15H,11-12H2,1-6H3/t15-/m1/s1. The van der Waals surface area contributed by atoms with Crippen LogP contribution < -0.4 is 0 Å². The van der Waals surface area contributed by atoms with Crippen LogP contribution in [0.5, 0.6) is 0 Å². The highest BCUT2D eigenvalue weighted by Crippen LogP contribution is 2.33. The first-order valence-electron chi connectivity index (χ1n) is 7.26. The molecule has 0 aliphatic carbocycles. The molecule has 0 aromatic heterocycles. The molecular formula is C18H27FO. The fourth-order valence-electron chi connectivity index (χ4n) is 2.41. The van der Waals surface area contributed by atoms with E-state index in [4.69, 9.17) is 0 Å². The summed E-state index contributed by atoms with van der Waals surface area (Å²) in [7, 11) is 0. The van der Waals surface area contributed by atoms with Crippen molar-refractivity contribution < 1.29 is 9.18 Å². The van der Waals surface area contributed by atoms with Crippen LogP contribution in [0, 0.1) is 22.6 Å². The Hall–Kier alpha value is -1.18. The van der Waals surface area contributed by atoms with E-state index in [9.17, 15) is 9.18 Å². The van der Waals surface area contributed by atoms with Crippen molar-refractivity contribution in [3.05, 3.63) is 35.6 Å². The molecule has 112 valence electrons. The minimum absolute atomic E-state index is 0.00335. The van der Waals surface area contributed by atoms with Gasteiger partial charge in [-0.2, -0.15) is 0 Å². The Morgan fingerprint density at radius 2 is 1.55 bits per heavy atom. The van der Waals surface area contributed by atoms with Crippen molar-refractivity contribution in [2.45, 2.75) is 54.4 Å². The van der Waals surface area contributed by atoms with Crippen LogP contribution in [0.3, 0.4) is 0 Å². The molecule has 0 unspecified atom stereocenters. The first kappa shape index (κ1) is 16.9. The Bertz CT molecular complexity index is 446. The van der Waals surface area contributed by atoms with Gasteiger partial charge in [0.05, 0.1) is 0 Å². The molecule has 0 heterocycles. The Morgan fingerprint density at radius 3 is 1.95 bits per heavy atom. The van der Waals surface area contributed by atoms with Crippen LogP contribution in [-0.4, -0.2) is 5.78 Å². The number of benzene rings is 1. The highest BCUT2D eigenvalue weighted by atomic mass is 19.1. The van der Waals surface area contributed by atoms with E-state index in [0.29, 0.717) is 18.6 Å². The average Bonchev–Trinajstić information content (AvgIpc) is 2.24. The monoisotopic (exact) mass is 278 g/mol. The first-order valence-corrected chi connectivity index (χ1v) is 7.26. The summed E-state index contributed by atoms with van der Waals surface area (Å²) in [5, 5.41) is 0. The highest BCUT2D eigenvalue weighted by molar-refractivity contribution is 5.82. The molecule has 0 spiro atoms. The largest absolute Gasteiger partial charge is 0.299 e. The first-order chi connectivity index (χ1) is 8.99. The number of carbonyl (C=O) groups excluding carboxylic acids is 1. The van der Waals surface area contributed by atoms with E-state index in [0.717, 1.165) is 5.56 Å². The smallest absolute Gasteiger partial charge is 0.137 e. The van der Waals surface area contributed by atoms with Gasteiger partial charge in [-0.25, -0.2) is 4.39 Å². The van der Waals surface area contributed by atoms with Crippen LogP contribution in [-0.2, 0) is 11.2 Å². The van der Waals surface area contributed by atoms with Gasteiger partial charge in [-0.15, -0.1) is 0 Å². The number of Topliss-reactive ketones (excluding diaryl/α,β-unsaturated/α-hetero) is 1. The molecule has 1 aromatic rings. The lowest BCUT2D eigenvalue weighted by Gasteiger charge is -2.32. The number of carbonyl (C=O) groups is 1. The van der Waals surface area contributed by atoms with E-state index in [-0.39, 0.29) is 22.6 Å². The van der Waals surface area contributed by atoms with Crippen molar-refractivity contribution in [2.24, 2.45) is 16.7 Å². The van der Waals surface area contributed by atoms with Crippen molar-refractivity contribution >= 4 is 5.78 Å². The molecule has 0 radical (unpaired) electrons. The van der Waals surface area contributed by atoms with Gasteiger partial charge in [0.25, 0.3) is 0 Å². The highest BCUT2D eigenvalue weighted by Gasteiger charge is 2.33. The molecule has 0 amide bonds. The van der Waals surface area contributed by atoms with E-state index in [1.165, 1.54) is 12.1 Å². The molecule has 0 saturated carbocycles. The third-order valence-electron chi connectivity index (χ3n) is 3.49. The Balaban J connectivity index is 2.91. The minimum atomic E-state index is -0.234. The van der Waals surface area contributed by atoms with Crippen LogP contribution >= 0.6 is 0 Å². The van der Waals surface area contributed by atoms with Crippen molar-refractivity contribution in [2.75, 3.05) is 0 Å². The molecule has 1 rings (SSSR count). The number of halogens is 1. The van der Waals surface area contributed by atoms with Crippen molar-refractivity contribution in [1.82, 2.24) is 0 Å². The van der Waals surface area contributed by atoms with Gasteiger partial charge in [0.2, 0.25) is 0 Å². The predicted octanol–water partition coefficient (Wildman–Crippen LogP) is 5.04. The van der Waals surface area contributed by atoms with E-state index in [2.05, 4.69) is 41.5 Å². The summed E-state index contributed by atoms with van der Waals surface area (Å²) in [5.41, 5.74) is 0.939. The molecule has 1 nitrogen and oxygen atoms in total. The second kappa shape index (κ2) is 6.07. The summed E-state index contributed by atoms with van der Waals surface area (Å²) in [6.07, 6.45) is 1.26. The van der Waals surface area contributed by atoms with Gasteiger partial charge >= 0.3 is 0 Å². The number of rotatable bonds is 4. The third kappa shape index (κ3) is 5.44. The van der Waals surface area contributed by atoms with E-state index < -0.39 is 0 Å². The van der Waals surface area contributed by atoms with Crippen LogP contribution in [0.4, 0.5) is 4.39 Å². The fourth-order valence-corrected chi connectivity index (χ4v) is 2.41. The Kier molecular flexibility index (Phi) is 5.12. The lowest BCUT2D eigenvalue weighted by atomic mass is 9.71. The molecule has 2 heteroatoms. The second-order valence-electron chi connectivity index (χ2n) is 7.95. The van der Waals surface area contributed by atoms with Crippen molar-refractivity contribution in [3.8, 4) is 0 Å². The third-order valence-corrected chi connectivity index (χ3v) is 3.49. The fraction of sp³-hybridized carbons (Fsp3) is 0.611. The van der Waals surface area contributed by atoms with Crippen LogP contribution in [0.25, 0.3) is 0 Å². The zero-order chi connectivity index (χ0) is 15.6. The SMILES string of the molecule is CC(C)(C)CC(=O)[C@@H](Cc1ccc(F)cc1)C(C)(C)C. The van der Waals surface area contributed by atoms with Crippen molar-refractivity contribution in [3.63, 3.8) is 0 Å². The van der Waals surface area contributed by atoms with Gasteiger partial charge in [-0.3, -0.25) is 4.79 Å². The Morgan fingerprint density at radius 1 is 1.05 bits per heavy atom. The molecule has 20 heavy (non-hydrogen) atoms. The van der Waals surface area contributed by atoms with Gasteiger partial charge in [-0.05, 0) is 34.9 Å². The van der Waals surface area contributed by atoms with Gasteiger partial charge in [0.1, 0.15) is 11.6 Å². The van der Waals surface area contributed by atoms with E-state index in [1.54, 1.807) is 12.1 Å². The maximum absolute atomic E-state index is 13.0. The summed E-state index contributed by atoms with van der Waals surface area (Å²) in [6.45, 7) is 12.6. The number of hydrogen-bond acceptors (Lipinski definition) is 1. The van der Waals surface area contributed by atoms with Gasteiger partial charge in [-0.1, -0.05) is 53.7 Å². The quantitative estimate of drug-likeness (QED) is 0.754. The van der Waals surface area contributed by atoms with Crippen LogP contribution in [0.1, 0.15) is 53.5 Å². The molecule has 0 aliphatic rings. The van der Waals surface area contributed by atoms with Crippen LogP contribution in [0.15, 0.2) is 24.3 Å². The Labute approximate surface area is 122 Å². The zero-order valence-corrected chi connectivity index (χ0v) is 13.6. The molecule has 1 aromatic carbocycles. The zero-order valence-electron chi connectivity index (χ0n) is 13.6. The molecule has 0 aliphatic heterocycles. The maximum atomic E-state index is 13.0. The summed E-state index contributed by atoms with van der Waals surface area (Å²) in [5.74, 6) is 0.0311. The lowest BCUT2D eigenvalue weighted by Crippen LogP contribution is -2.32. The van der Waals surface area contributed by atoms with Gasteiger partial charge < -0.3 is 0 Å². The number of ketones is 1. The normalized spacial score (nSPS) is 14.2.